The Kier molecular flexibility index (Phi) is 6.01. The highest BCUT2D eigenvalue weighted by Crippen LogP contribution is 2.21. The minimum absolute atomic E-state index is 0.169. The first-order chi connectivity index (χ1) is 13.2. The molecule has 10 heteroatoms. The average molecular weight is 426 g/mol. The highest BCUT2D eigenvalue weighted by Gasteiger charge is 2.30. The Labute approximate surface area is 167 Å². The summed E-state index contributed by atoms with van der Waals surface area (Å²) in [6.07, 6.45) is 2.42. The van der Waals surface area contributed by atoms with Crippen molar-refractivity contribution in [3.05, 3.63) is 28.6 Å². The molecule has 0 spiro atoms. The Balaban J connectivity index is 1.90. The number of aryl methyl sites for hydroxylation is 1. The maximum Gasteiger partial charge on any atom is 0.338 e. The van der Waals surface area contributed by atoms with Gasteiger partial charge in [-0.3, -0.25) is 4.79 Å². The number of piperidine rings is 1. The number of sulfonamides is 1. The average Bonchev–Trinajstić information content (AvgIpc) is 2.96. The van der Waals surface area contributed by atoms with Gasteiger partial charge < -0.3 is 9.30 Å². The largest absolute Gasteiger partial charge is 0.462 e. The summed E-state index contributed by atoms with van der Waals surface area (Å²) in [4.78, 5) is 29.3. The lowest BCUT2D eigenvalue weighted by atomic mass is 9.99. The van der Waals surface area contributed by atoms with Crippen LogP contribution >= 0.6 is 11.3 Å². The van der Waals surface area contributed by atoms with E-state index in [2.05, 4.69) is 4.99 Å². The van der Waals surface area contributed by atoms with Crippen LogP contribution in [0, 0.1) is 5.92 Å². The van der Waals surface area contributed by atoms with Crippen molar-refractivity contribution in [1.29, 1.82) is 0 Å². The summed E-state index contributed by atoms with van der Waals surface area (Å²) in [5.74, 6) is -1.15. The predicted octanol–water partition coefficient (Wildman–Crippen LogP) is 1.52. The molecule has 2 aromatic rings. The Bertz CT molecular complexity index is 1080. The lowest BCUT2D eigenvalue weighted by Crippen LogP contribution is -2.41. The van der Waals surface area contributed by atoms with E-state index in [1.807, 2.05) is 0 Å². The van der Waals surface area contributed by atoms with Gasteiger partial charge >= 0.3 is 5.97 Å². The van der Waals surface area contributed by atoms with Crippen LogP contribution in [0.3, 0.4) is 0 Å². The fraction of sp³-hybridized carbons (Fsp3) is 0.500. The molecule has 1 aromatic carbocycles. The van der Waals surface area contributed by atoms with Gasteiger partial charge in [0.15, 0.2) is 4.80 Å². The molecule has 0 radical (unpaired) electrons. The molecule has 1 aromatic heterocycles. The van der Waals surface area contributed by atoms with E-state index in [9.17, 15) is 18.0 Å². The van der Waals surface area contributed by atoms with E-state index in [0.717, 1.165) is 16.5 Å². The highest BCUT2D eigenvalue weighted by molar-refractivity contribution is 7.88. The van der Waals surface area contributed by atoms with Crippen molar-refractivity contribution in [2.75, 3.05) is 26.0 Å². The summed E-state index contributed by atoms with van der Waals surface area (Å²) < 4.78 is 32.5. The number of hydrogen-bond donors (Lipinski definition) is 0. The molecule has 1 amide bonds. The third-order valence-corrected chi connectivity index (χ3v) is 7.09. The van der Waals surface area contributed by atoms with Crippen molar-refractivity contribution in [3.8, 4) is 0 Å². The van der Waals surface area contributed by atoms with Gasteiger partial charge in [-0.25, -0.2) is 17.5 Å². The molecule has 1 aliphatic rings. The normalized spacial score (nSPS) is 19.1. The van der Waals surface area contributed by atoms with Gasteiger partial charge in [0.1, 0.15) is 0 Å². The predicted molar refractivity (Wildman–Crippen MR) is 106 cm³/mol. The van der Waals surface area contributed by atoms with E-state index in [-0.39, 0.29) is 12.5 Å². The highest BCUT2D eigenvalue weighted by atomic mass is 32.2. The van der Waals surface area contributed by atoms with Crippen molar-refractivity contribution in [3.63, 3.8) is 0 Å². The van der Waals surface area contributed by atoms with E-state index in [1.165, 1.54) is 15.6 Å². The molecule has 8 nitrogen and oxygen atoms in total. The van der Waals surface area contributed by atoms with Crippen LogP contribution in [0.25, 0.3) is 10.2 Å². The van der Waals surface area contributed by atoms with Gasteiger partial charge in [0.25, 0.3) is 5.91 Å². The van der Waals surface area contributed by atoms with E-state index in [0.29, 0.717) is 36.4 Å². The van der Waals surface area contributed by atoms with E-state index >= 15 is 0 Å². The molecule has 0 bridgehead atoms. The minimum atomic E-state index is -3.32. The first-order valence-corrected chi connectivity index (χ1v) is 11.7. The molecular formula is C18H23N3O5S2. The number of thiazole rings is 1. The molecule has 2 heterocycles. The summed E-state index contributed by atoms with van der Waals surface area (Å²) in [7, 11) is -1.51. The number of fused-ring (bicyclic) bond motifs is 1. The second-order valence-corrected chi connectivity index (χ2v) is 9.75. The van der Waals surface area contributed by atoms with Crippen LogP contribution in [0.15, 0.2) is 23.2 Å². The Morgan fingerprint density at radius 1 is 1.36 bits per heavy atom. The zero-order valence-electron chi connectivity index (χ0n) is 16.0. The van der Waals surface area contributed by atoms with Crippen molar-refractivity contribution < 1.29 is 22.7 Å². The lowest BCUT2D eigenvalue weighted by molar-refractivity contribution is -0.122. The molecule has 1 unspecified atom stereocenters. The summed E-state index contributed by atoms with van der Waals surface area (Å²) in [6.45, 7) is 2.66. The second kappa shape index (κ2) is 8.14. The Morgan fingerprint density at radius 3 is 2.79 bits per heavy atom. The molecule has 152 valence electrons. The maximum absolute atomic E-state index is 12.7. The lowest BCUT2D eigenvalue weighted by Gasteiger charge is -2.28. The van der Waals surface area contributed by atoms with Crippen LogP contribution in [0.2, 0.25) is 0 Å². The third kappa shape index (κ3) is 4.34. The standard InChI is InChI=1S/C18H23N3O5S2/c1-4-26-17(23)12-7-8-14-15(10-12)27-18(20(14)2)19-16(22)13-6-5-9-21(11-13)28(3,24)25/h7-8,10,13H,4-6,9,11H2,1-3H3. The van der Waals surface area contributed by atoms with Crippen LogP contribution in [0.5, 0.6) is 0 Å². The summed E-state index contributed by atoms with van der Waals surface area (Å²) in [5.41, 5.74) is 1.30. The molecule has 1 aliphatic heterocycles. The Morgan fingerprint density at radius 2 is 2.11 bits per heavy atom. The van der Waals surface area contributed by atoms with Crippen molar-refractivity contribution in [2.24, 2.45) is 18.0 Å². The number of benzene rings is 1. The van der Waals surface area contributed by atoms with E-state index in [1.54, 1.807) is 36.7 Å². The smallest absolute Gasteiger partial charge is 0.338 e. The molecule has 3 rings (SSSR count). The van der Waals surface area contributed by atoms with E-state index < -0.39 is 21.9 Å². The summed E-state index contributed by atoms with van der Waals surface area (Å²) in [6, 6.07) is 5.21. The van der Waals surface area contributed by atoms with Crippen LogP contribution in [-0.4, -0.2) is 55.1 Å². The number of carbonyl (C=O) groups is 2. The monoisotopic (exact) mass is 425 g/mol. The van der Waals surface area contributed by atoms with Gasteiger partial charge in [-0.1, -0.05) is 11.3 Å². The molecular weight excluding hydrogens is 402 g/mol. The van der Waals surface area contributed by atoms with Crippen LogP contribution in [0.1, 0.15) is 30.1 Å². The fourth-order valence-corrected chi connectivity index (χ4v) is 5.19. The van der Waals surface area contributed by atoms with Crippen molar-refractivity contribution in [2.45, 2.75) is 19.8 Å². The number of aromatic nitrogens is 1. The van der Waals surface area contributed by atoms with Crippen molar-refractivity contribution in [1.82, 2.24) is 8.87 Å². The number of rotatable bonds is 4. The number of amides is 1. The first kappa shape index (κ1) is 20.7. The second-order valence-electron chi connectivity index (χ2n) is 6.76. The molecule has 0 N–H and O–H groups in total. The summed E-state index contributed by atoms with van der Waals surface area (Å²) >= 11 is 1.31. The zero-order valence-corrected chi connectivity index (χ0v) is 17.7. The van der Waals surface area contributed by atoms with E-state index in [4.69, 9.17) is 4.74 Å². The molecule has 28 heavy (non-hydrogen) atoms. The molecule has 0 aliphatic carbocycles. The van der Waals surface area contributed by atoms with Gasteiger partial charge in [-0.15, -0.1) is 0 Å². The van der Waals surface area contributed by atoms with Gasteiger partial charge in [0, 0.05) is 20.1 Å². The molecule has 1 saturated heterocycles. The SMILES string of the molecule is CCOC(=O)c1ccc2c(c1)sc(=NC(=O)C1CCCN(S(C)(=O)=O)C1)n2C. The fourth-order valence-electron chi connectivity index (χ4n) is 3.21. The first-order valence-electron chi connectivity index (χ1n) is 9.01. The maximum atomic E-state index is 12.7. The number of hydrogen-bond acceptors (Lipinski definition) is 6. The van der Waals surface area contributed by atoms with Gasteiger partial charge in [-0.05, 0) is 38.0 Å². The summed E-state index contributed by atoms with van der Waals surface area (Å²) in [5, 5.41) is 0. The number of ether oxygens (including phenoxy) is 1. The number of carbonyl (C=O) groups excluding carboxylic acids is 2. The van der Waals surface area contributed by atoms with Gasteiger partial charge in [0.05, 0.1) is 34.6 Å². The minimum Gasteiger partial charge on any atom is -0.462 e. The molecule has 1 fully saturated rings. The molecule has 1 atom stereocenters. The Hall–Kier alpha value is -2.04. The van der Waals surface area contributed by atoms with Crippen LogP contribution in [0.4, 0.5) is 0 Å². The van der Waals surface area contributed by atoms with Crippen molar-refractivity contribution >= 4 is 43.5 Å². The third-order valence-electron chi connectivity index (χ3n) is 4.73. The zero-order chi connectivity index (χ0) is 20.5. The molecule has 0 saturated carbocycles. The van der Waals surface area contributed by atoms with Crippen LogP contribution in [-0.2, 0) is 26.6 Å². The number of esters is 1. The van der Waals surface area contributed by atoms with Gasteiger partial charge in [-0.2, -0.15) is 4.99 Å². The topological polar surface area (TPSA) is 98.0 Å². The quantitative estimate of drug-likeness (QED) is 0.692. The van der Waals surface area contributed by atoms with Gasteiger partial charge in [0.2, 0.25) is 10.0 Å². The van der Waals surface area contributed by atoms with Crippen LogP contribution < -0.4 is 4.80 Å². The number of nitrogens with zero attached hydrogens (tertiary/aromatic N) is 3.